The van der Waals surface area contributed by atoms with Crippen molar-refractivity contribution in [1.29, 1.82) is 0 Å². The molecule has 5 aromatic rings. The van der Waals surface area contributed by atoms with E-state index in [9.17, 15) is 28.8 Å². The quantitative estimate of drug-likeness (QED) is 0.0427. The van der Waals surface area contributed by atoms with Crippen molar-refractivity contribution in [3.05, 3.63) is 93.1 Å². The number of aromatic nitrogens is 5. The Kier molecular flexibility index (Phi) is 14.9. The fraction of sp³-hybridized carbons (Fsp3) is 0.370. The molecule has 23 heteroatoms. The first-order chi connectivity index (χ1) is 33.4. The van der Waals surface area contributed by atoms with Gasteiger partial charge in [0.15, 0.2) is 5.82 Å². The van der Waals surface area contributed by atoms with Gasteiger partial charge < -0.3 is 45.4 Å². The molecule has 8 rings (SSSR count). The number of benzene rings is 2. The molecule has 3 aromatic heterocycles. The van der Waals surface area contributed by atoms with Crippen LogP contribution in [0.5, 0.6) is 5.75 Å². The molecule has 1 unspecified atom stereocenters. The predicted molar refractivity (Wildman–Crippen MR) is 256 cm³/mol. The lowest BCUT2D eigenvalue weighted by molar-refractivity contribution is -0.137. The largest absolute Gasteiger partial charge is 0.495 e. The van der Waals surface area contributed by atoms with Gasteiger partial charge >= 0.3 is 0 Å². The summed E-state index contributed by atoms with van der Waals surface area (Å²) in [7, 11) is 4.97. The molecule has 6 amide bonds. The third-order valence-corrected chi connectivity index (χ3v) is 12.8. The van der Waals surface area contributed by atoms with Gasteiger partial charge in [-0.2, -0.15) is 4.98 Å². The zero-order valence-electron chi connectivity index (χ0n) is 38.5. The number of methoxy groups -OCH3 is 1. The summed E-state index contributed by atoms with van der Waals surface area (Å²) in [6, 6.07) is 12.9. The van der Waals surface area contributed by atoms with E-state index in [2.05, 4.69) is 46.9 Å². The summed E-state index contributed by atoms with van der Waals surface area (Å²) in [4.78, 5) is 97.1. The summed E-state index contributed by atoms with van der Waals surface area (Å²) in [6.07, 6.45) is 6.16. The van der Waals surface area contributed by atoms with Gasteiger partial charge in [-0.15, -0.1) is 16.4 Å². The number of nitrogens with one attached hydrogen (secondary N) is 5. The van der Waals surface area contributed by atoms with Crippen LogP contribution in [0, 0.1) is 0 Å². The second-order valence-electron chi connectivity index (χ2n) is 16.3. The van der Waals surface area contributed by atoms with Crippen molar-refractivity contribution in [3.63, 3.8) is 0 Å². The normalized spacial score (nSPS) is 16.7. The molecular weight excluding hydrogens is 909 g/mol. The van der Waals surface area contributed by atoms with Crippen LogP contribution in [0.1, 0.15) is 67.9 Å². The number of imide groups is 1. The highest BCUT2D eigenvalue weighted by Gasteiger charge is 2.40. The van der Waals surface area contributed by atoms with E-state index in [1.807, 2.05) is 24.0 Å². The van der Waals surface area contributed by atoms with E-state index in [0.717, 1.165) is 9.75 Å². The molecule has 5 N–H and O–H groups in total. The lowest BCUT2D eigenvalue weighted by atomic mass is 10.0. The number of ether oxygens (including phenoxy) is 2. The standard InChI is InChI=1S/C46H52N14O8S/c1-5-35-45(66)57(3)37-22-50-46(54-41(37)59(35)24-30-11-10-29(69-30)21-47-2)52-34-12-9-27(19-38(34)67-4)42(63)49-20-28-23-58(56-55-28)17-15-48-16-18-68-26-40(62)51-33-8-6-7-31-32(33)25-60(44(31)65)36-13-14-39(61)53-43(36)64/h6-12,19,21-23,35-36,48H,5,13-18,20,24-26H2,1-4H3,(H,49,63)(H,51,62)(H,50,52,54)(H,53,61,64)/t35-,36?/m1/s1. The number of carbonyl (C=O) groups excluding carboxylic acids is 6. The second kappa shape index (κ2) is 21.5. The van der Waals surface area contributed by atoms with Crippen LogP contribution < -0.4 is 41.1 Å². The SMILES string of the molecule is CC[C@@H]1C(=O)N(C)c2cnc(Nc3ccc(C(=O)NCc4cn(CCNCCOCC(=O)Nc5cccc6c5CN(C5CCC(=O)NC5=O)C6=O)nn4)cc3OC)nc2N1Cc1ccc(C=NC)s1. The average molecular weight is 961 g/mol. The van der Waals surface area contributed by atoms with Crippen molar-refractivity contribution in [2.75, 3.05) is 67.9 Å². The van der Waals surface area contributed by atoms with Crippen LogP contribution in [0.15, 0.2) is 65.9 Å². The number of amides is 6. The van der Waals surface area contributed by atoms with E-state index in [1.165, 1.54) is 12.0 Å². The molecule has 0 spiro atoms. The minimum absolute atomic E-state index is 0.0316. The Morgan fingerprint density at radius 3 is 2.72 bits per heavy atom. The Morgan fingerprint density at radius 1 is 1.07 bits per heavy atom. The van der Waals surface area contributed by atoms with Gasteiger partial charge in [0.05, 0.1) is 51.4 Å². The summed E-state index contributed by atoms with van der Waals surface area (Å²) in [5.74, 6) is -0.646. The minimum atomic E-state index is -0.752. The molecule has 22 nitrogen and oxygen atoms in total. The summed E-state index contributed by atoms with van der Waals surface area (Å²) in [5.41, 5.74) is 3.53. The van der Waals surface area contributed by atoms with Crippen LogP contribution in [0.3, 0.4) is 0 Å². The van der Waals surface area contributed by atoms with Crippen molar-refractivity contribution in [2.45, 2.75) is 64.4 Å². The van der Waals surface area contributed by atoms with Crippen molar-refractivity contribution in [2.24, 2.45) is 4.99 Å². The number of hydrogen-bond donors (Lipinski definition) is 5. The number of fused-ring (bicyclic) bond motifs is 2. The first kappa shape index (κ1) is 47.8. The van der Waals surface area contributed by atoms with Gasteiger partial charge in [0.25, 0.3) is 11.8 Å². The summed E-state index contributed by atoms with van der Waals surface area (Å²) < 4.78 is 12.9. The maximum absolute atomic E-state index is 13.4. The Hall–Kier alpha value is -7.63. The monoisotopic (exact) mass is 960 g/mol. The van der Waals surface area contributed by atoms with Crippen LogP contribution in [0.25, 0.3) is 0 Å². The number of rotatable bonds is 20. The molecule has 3 aliphatic heterocycles. The van der Waals surface area contributed by atoms with Crippen LogP contribution in [-0.4, -0.2) is 131 Å². The Labute approximate surface area is 400 Å². The van der Waals surface area contributed by atoms with Gasteiger partial charge in [-0.25, -0.2) is 4.98 Å². The number of aliphatic imine (C=N–C) groups is 1. The number of piperidine rings is 1. The van der Waals surface area contributed by atoms with Gasteiger partial charge in [0.1, 0.15) is 35.8 Å². The topological polar surface area (TPSA) is 260 Å². The van der Waals surface area contributed by atoms with Crippen molar-refractivity contribution in [1.82, 2.24) is 45.8 Å². The molecule has 6 heterocycles. The molecule has 3 aliphatic rings. The second-order valence-corrected chi connectivity index (χ2v) is 17.5. The molecule has 69 heavy (non-hydrogen) atoms. The molecule has 0 saturated carbocycles. The number of thiophene rings is 1. The maximum Gasteiger partial charge on any atom is 0.255 e. The molecule has 1 fully saturated rings. The zero-order valence-corrected chi connectivity index (χ0v) is 39.3. The van der Waals surface area contributed by atoms with Crippen LogP contribution >= 0.6 is 11.3 Å². The number of carbonyl (C=O) groups is 6. The molecule has 1 saturated heterocycles. The molecule has 360 valence electrons. The minimum Gasteiger partial charge on any atom is -0.495 e. The number of hydrogen-bond acceptors (Lipinski definition) is 17. The fourth-order valence-corrected chi connectivity index (χ4v) is 9.23. The van der Waals surface area contributed by atoms with Crippen molar-refractivity contribution in [3.8, 4) is 5.75 Å². The van der Waals surface area contributed by atoms with E-state index >= 15 is 0 Å². The smallest absolute Gasteiger partial charge is 0.255 e. The van der Waals surface area contributed by atoms with Gasteiger partial charge in [-0.1, -0.05) is 18.2 Å². The lowest BCUT2D eigenvalue weighted by Gasteiger charge is -2.40. The third kappa shape index (κ3) is 10.9. The summed E-state index contributed by atoms with van der Waals surface area (Å²) in [5, 5.41) is 22.8. The highest BCUT2D eigenvalue weighted by Crippen LogP contribution is 2.38. The van der Waals surface area contributed by atoms with Crippen molar-refractivity contribution < 1.29 is 38.2 Å². The first-order valence-corrected chi connectivity index (χ1v) is 23.2. The van der Waals surface area contributed by atoms with E-state index in [4.69, 9.17) is 14.5 Å². The number of nitrogens with zero attached hydrogens (tertiary/aromatic N) is 9. The highest BCUT2D eigenvalue weighted by molar-refractivity contribution is 7.13. The van der Waals surface area contributed by atoms with Crippen molar-refractivity contribution >= 4 is 81.8 Å². The molecule has 0 bridgehead atoms. The Morgan fingerprint density at radius 2 is 1.93 bits per heavy atom. The molecule has 0 aliphatic carbocycles. The first-order valence-electron chi connectivity index (χ1n) is 22.3. The van der Waals surface area contributed by atoms with E-state index < -0.39 is 23.9 Å². The third-order valence-electron chi connectivity index (χ3n) is 11.8. The average Bonchev–Trinajstić information content (AvgIpc) is 4.09. The van der Waals surface area contributed by atoms with E-state index in [-0.39, 0.29) is 62.8 Å². The number of likely N-dealkylation sites (N-methyl/N-ethyl adjacent to an activating group) is 1. The molecular formula is C46H52N14O8S. The van der Waals surface area contributed by atoms with Gasteiger partial charge in [0, 0.05) is 78.5 Å². The summed E-state index contributed by atoms with van der Waals surface area (Å²) >= 11 is 1.61. The van der Waals surface area contributed by atoms with Gasteiger partial charge in [-0.3, -0.25) is 43.8 Å². The molecule has 2 aromatic carbocycles. The maximum atomic E-state index is 13.4. The Bertz CT molecular complexity index is 2790. The molecule has 0 radical (unpaired) electrons. The summed E-state index contributed by atoms with van der Waals surface area (Å²) in [6.45, 7) is 4.28. The molecule has 2 atom stereocenters. The fourth-order valence-electron chi connectivity index (χ4n) is 8.30. The van der Waals surface area contributed by atoms with E-state index in [0.29, 0.717) is 89.6 Å². The highest BCUT2D eigenvalue weighted by atomic mass is 32.1. The zero-order chi connectivity index (χ0) is 48.6. The lowest BCUT2D eigenvalue weighted by Crippen LogP contribution is -2.52. The number of anilines is 5. The van der Waals surface area contributed by atoms with Crippen LogP contribution in [0.4, 0.5) is 28.8 Å². The Balaban J connectivity index is 0.767. The van der Waals surface area contributed by atoms with Gasteiger partial charge in [-0.05, 0) is 55.3 Å². The predicted octanol–water partition coefficient (Wildman–Crippen LogP) is 2.63. The van der Waals surface area contributed by atoms with Crippen LogP contribution in [-0.2, 0) is 50.1 Å². The van der Waals surface area contributed by atoms with Crippen LogP contribution in [0.2, 0.25) is 0 Å². The van der Waals surface area contributed by atoms with Gasteiger partial charge in [0.2, 0.25) is 29.6 Å². The van der Waals surface area contributed by atoms with E-state index in [1.54, 1.807) is 90.0 Å².